The van der Waals surface area contributed by atoms with Gasteiger partial charge in [-0.3, -0.25) is 0 Å². The summed E-state index contributed by atoms with van der Waals surface area (Å²) in [7, 11) is 0. The van der Waals surface area contributed by atoms with Gasteiger partial charge in [-0.2, -0.15) is 0 Å². The lowest BCUT2D eigenvalue weighted by atomic mass is 10.2. The van der Waals surface area contributed by atoms with Crippen molar-refractivity contribution >= 4 is 0 Å². The van der Waals surface area contributed by atoms with Crippen molar-refractivity contribution in [3.05, 3.63) is 29.8 Å². The smallest absolute Gasteiger partial charge is 0.115 e. The summed E-state index contributed by atoms with van der Waals surface area (Å²) in [6.45, 7) is 1.39. The van der Waals surface area contributed by atoms with E-state index in [4.69, 9.17) is 10.2 Å². The Hall–Kier alpha value is -1.06. The van der Waals surface area contributed by atoms with E-state index in [9.17, 15) is 0 Å². The average molecular weight is 167 g/mol. The van der Waals surface area contributed by atoms with Gasteiger partial charge in [0.15, 0.2) is 0 Å². The highest BCUT2D eigenvalue weighted by atomic mass is 16.3. The zero-order valence-corrected chi connectivity index (χ0v) is 6.83. The molecular weight excluding hydrogens is 154 g/mol. The molecular formula is C9H13NO2. The van der Waals surface area contributed by atoms with Crippen LogP contribution in [0.15, 0.2) is 24.3 Å². The lowest BCUT2D eigenvalue weighted by molar-refractivity contribution is 0.292. The first kappa shape index (κ1) is 9.03. The van der Waals surface area contributed by atoms with Gasteiger partial charge in [-0.25, -0.2) is 0 Å². The van der Waals surface area contributed by atoms with Crippen molar-refractivity contribution in [1.82, 2.24) is 5.32 Å². The third-order valence-corrected chi connectivity index (χ3v) is 1.53. The molecule has 0 aliphatic carbocycles. The monoisotopic (exact) mass is 167 g/mol. The molecule has 0 unspecified atom stereocenters. The van der Waals surface area contributed by atoms with E-state index in [1.807, 2.05) is 6.07 Å². The minimum atomic E-state index is 0.138. The number of nitrogens with one attached hydrogen (secondary N) is 1. The van der Waals surface area contributed by atoms with Gasteiger partial charge in [-0.15, -0.1) is 0 Å². The second-order valence-electron chi connectivity index (χ2n) is 2.57. The van der Waals surface area contributed by atoms with E-state index in [1.54, 1.807) is 18.2 Å². The summed E-state index contributed by atoms with van der Waals surface area (Å²) < 4.78 is 0. The maximum atomic E-state index is 9.09. The van der Waals surface area contributed by atoms with Gasteiger partial charge in [0.1, 0.15) is 5.75 Å². The van der Waals surface area contributed by atoms with Gasteiger partial charge < -0.3 is 15.5 Å². The number of aliphatic hydroxyl groups is 1. The zero-order chi connectivity index (χ0) is 8.81. The number of aliphatic hydroxyl groups excluding tert-OH is 1. The molecule has 3 N–H and O–H groups in total. The number of hydrogen-bond acceptors (Lipinski definition) is 3. The quantitative estimate of drug-likeness (QED) is 0.571. The van der Waals surface area contributed by atoms with Crippen molar-refractivity contribution < 1.29 is 10.2 Å². The van der Waals surface area contributed by atoms with Crippen LogP contribution in [0.5, 0.6) is 5.75 Å². The highest BCUT2D eigenvalue weighted by Gasteiger charge is 1.92. The van der Waals surface area contributed by atoms with Crippen molar-refractivity contribution in [2.24, 2.45) is 0 Å². The van der Waals surface area contributed by atoms with E-state index in [2.05, 4.69) is 5.32 Å². The van der Waals surface area contributed by atoms with Crippen molar-refractivity contribution in [2.45, 2.75) is 6.54 Å². The predicted octanol–water partition coefficient (Wildman–Crippen LogP) is 0.474. The maximum absolute atomic E-state index is 9.09. The van der Waals surface area contributed by atoms with Gasteiger partial charge in [0, 0.05) is 13.1 Å². The van der Waals surface area contributed by atoms with Crippen molar-refractivity contribution in [3.8, 4) is 5.75 Å². The van der Waals surface area contributed by atoms with E-state index in [-0.39, 0.29) is 12.4 Å². The molecule has 1 rings (SSSR count). The van der Waals surface area contributed by atoms with Crippen molar-refractivity contribution in [3.63, 3.8) is 0 Å². The predicted molar refractivity (Wildman–Crippen MR) is 46.9 cm³/mol. The summed E-state index contributed by atoms with van der Waals surface area (Å²) in [5.74, 6) is 0.276. The van der Waals surface area contributed by atoms with Crippen LogP contribution in [-0.2, 0) is 6.54 Å². The molecule has 0 amide bonds. The van der Waals surface area contributed by atoms with Gasteiger partial charge in [-0.05, 0) is 17.7 Å². The lowest BCUT2D eigenvalue weighted by Gasteiger charge is -2.02. The first-order valence-electron chi connectivity index (χ1n) is 3.92. The van der Waals surface area contributed by atoms with E-state index >= 15 is 0 Å². The van der Waals surface area contributed by atoms with Gasteiger partial charge in [-0.1, -0.05) is 12.1 Å². The van der Waals surface area contributed by atoms with Gasteiger partial charge in [0.25, 0.3) is 0 Å². The molecule has 0 saturated carbocycles. The van der Waals surface area contributed by atoms with Gasteiger partial charge in [0.05, 0.1) is 6.61 Å². The van der Waals surface area contributed by atoms with E-state index in [0.717, 1.165) is 5.56 Å². The third kappa shape index (κ3) is 2.90. The van der Waals surface area contributed by atoms with Crippen LogP contribution in [0.2, 0.25) is 0 Å². The molecule has 3 nitrogen and oxygen atoms in total. The normalized spacial score (nSPS) is 10.1. The molecule has 3 heteroatoms. The van der Waals surface area contributed by atoms with Crippen LogP contribution in [0.3, 0.4) is 0 Å². The summed E-state index contributed by atoms with van der Waals surface area (Å²) in [6.07, 6.45) is 0. The fourth-order valence-corrected chi connectivity index (χ4v) is 0.978. The molecule has 0 aliphatic rings. The topological polar surface area (TPSA) is 52.5 Å². The molecule has 0 radical (unpaired) electrons. The maximum Gasteiger partial charge on any atom is 0.115 e. The van der Waals surface area contributed by atoms with E-state index < -0.39 is 0 Å². The molecule has 66 valence electrons. The molecule has 1 aromatic rings. The van der Waals surface area contributed by atoms with Crippen LogP contribution < -0.4 is 5.32 Å². The number of aromatic hydroxyl groups is 1. The number of benzene rings is 1. The van der Waals surface area contributed by atoms with Crippen LogP contribution in [0.1, 0.15) is 5.56 Å². The second kappa shape index (κ2) is 4.74. The Morgan fingerprint density at radius 2 is 2.17 bits per heavy atom. The molecule has 0 saturated heterocycles. The molecule has 0 aromatic heterocycles. The summed E-state index contributed by atoms with van der Waals surface area (Å²) in [5.41, 5.74) is 1.02. The molecule has 1 aromatic carbocycles. The van der Waals surface area contributed by atoms with Crippen LogP contribution in [0, 0.1) is 0 Å². The minimum absolute atomic E-state index is 0.138. The number of phenols is 1. The van der Waals surface area contributed by atoms with Crippen LogP contribution in [-0.4, -0.2) is 23.4 Å². The zero-order valence-electron chi connectivity index (χ0n) is 6.83. The summed E-state index contributed by atoms with van der Waals surface area (Å²) in [6, 6.07) is 7.05. The summed E-state index contributed by atoms with van der Waals surface area (Å²) >= 11 is 0. The average Bonchev–Trinajstić information content (AvgIpc) is 2.05. The van der Waals surface area contributed by atoms with Crippen molar-refractivity contribution in [2.75, 3.05) is 13.2 Å². The molecule has 0 fully saturated rings. The van der Waals surface area contributed by atoms with E-state index in [0.29, 0.717) is 13.1 Å². The Kier molecular flexibility index (Phi) is 3.57. The van der Waals surface area contributed by atoms with Crippen molar-refractivity contribution in [1.29, 1.82) is 0 Å². The fraction of sp³-hybridized carbons (Fsp3) is 0.333. The largest absolute Gasteiger partial charge is 0.508 e. The Morgan fingerprint density at radius 3 is 2.83 bits per heavy atom. The Balaban J connectivity index is 2.41. The molecule has 0 heterocycles. The molecule has 0 bridgehead atoms. The minimum Gasteiger partial charge on any atom is -0.508 e. The highest BCUT2D eigenvalue weighted by Crippen LogP contribution is 2.09. The van der Waals surface area contributed by atoms with Crippen LogP contribution in [0.25, 0.3) is 0 Å². The molecule has 0 aliphatic heterocycles. The standard InChI is InChI=1S/C9H13NO2/c11-5-4-10-7-8-2-1-3-9(12)6-8/h1-3,6,10-12H,4-5,7H2. The number of hydrogen-bond donors (Lipinski definition) is 3. The fourth-order valence-electron chi connectivity index (χ4n) is 0.978. The van der Waals surface area contributed by atoms with Gasteiger partial charge >= 0.3 is 0 Å². The van der Waals surface area contributed by atoms with Crippen LogP contribution in [0.4, 0.5) is 0 Å². The molecule has 0 atom stereocenters. The Labute approximate surface area is 71.7 Å². The highest BCUT2D eigenvalue weighted by molar-refractivity contribution is 5.26. The van der Waals surface area contributed by atoms with E-state index in [1.165, 1.54) is 0 Å². The summed E-state index contributed by atoms with van der Waals surface area (Å²) in [5, 5.41) is 20.6. The number of phenolic OH excluding ortho intramolecular Hbond substituents is 1. The number of rotatable bonds is 4. The SMILES string of the molecule is OCCNCc1cccc(O)c1. The Morgan fingerprint density at radius 1 is 1.33 bits per heavy atom. The second-order valence-corrected chi connectivity index (χ2v) is 2.57. The third-order valence-electron chi connectivity index (χ3n) is 1.53. The molecule has 12 heavy (non-hydrogen) atoms. The molecule has 0 spiro atoms. The first-order chi connectivity index (χ1) is 5.83. The summed E-state index contributed by atoms with van der Waals surface area (Å²) in [4.78, 5) is 0. The van der Waals surface area contributed by atoms with Crippen LogP contribution >= 0.6 is 0 Å². The Bertz CT molecular complexity index is 238. The lowest BCUT2D eigenvalue weighted by Crippen LogP contribution is -2.17. The first-order valence-corrected chi connectivity index (χ1v) is 3.92. The van der Waals surface area contributed by atoms with Gasteiger partial charge in [0.2, 0.25) is 0 Å².